The largest absolute Gasteiger partial charge is 0.493 e. The third kappa shape index (κ3) is 6.68. The second kappa shape index (κ2) is 10.1. The highest BCUT2D eigenvalue weighted by Gasteiger charge is 2.21. The molecule has 1 heterocycles. The molecule has 0 spiro atoms. The van der Waals surface area contributed by atoms with E-state index in [9.17, 15) is 4.79 Å². The van der Waals surface area contributed by atoms with Crippen molar-refractivity contribution in [3.63, 3.8) is 0 Å². The van der Waals surface area contributed by atoms with E-state index in [2.05, 4.69) is 18.7 Å². The molecule has 0 radical (unpaired) electrons. The number of carbonyl (C=O) groups excluding carboxylic acids is 1. The fourth-order valence-corrected chi connectivity index (χ4v) is 3.01. The van der Waals surface area contributed by atoms with E-state index < -0.39 is 0 Å². The molecule has 0 aliphatic carbocycles. The van der Waals surface area contributed by atoms with Crippen molar-refractivity contribution in [2.75, 3.05) is 26.2 Å². The van der Waals surface area contributed by atoms with Crippen LogP contribution in [-0.4, -0.2) is 49.6 Å². The van der Waals surface area contributed by atoms with Crippen molar-refractivity contribution in [2.24, 2.45) is 0 Å². The number of nitrogens with zero attached hydrogens (tertiary/aromatic N) is 1. The van der Waals surface area contributed by atoms with E-state index in [4.69, 9.17) is 21.1 Å². The van der Waals surface area contributed by atoms with Crippen LogP contribution in [0.5, 0.6) is 5.75 Å². The second-order valence-corrected chi connectivity index (χ2v) is 6.31. The average Bonchev–Trinajstić information content (AvgIpc) is 2.47. The fourth-order valence-electron chi connectivity index (χ4n) is 2.83. The number of benzene rings is 1. The first-order valence-corrected chi connectivity index (χ1v) is 8.21. The number of morpholine rings is 1. The van der Waals surface area contributed by atoms with Crippen LogP contribution in [0, 0.1) is 0 Å². The smallest absolute Gasteiger partial charge is 0.153 e. The molecule has 23 heavy (non-hydrogen) atoms. The summed E-state index contributed by atoms with van der Waals surface area (Å²) in [5.74, 6) is 0.605. The van der Waals surface area contributed by atoms with E-state index in [0.29, 0.717) is 35.2 Å². The molecule has 0 bridgehead atoms. The first-order valence-electron chi connectivity index (χ1n) is 7.84. The lowest BCUT2D eigenvalue weighted by Gasteiger charge is -2.35. The van der Waals surface area contributed by atoms with Gasteiger partial charge >= 0.3 is 0 Å². The van der Waals surface area contributed by atoms with E-state index >= 15 is 0 Å². The van der Waals surface area contributed by atoms with Gasteiger partial charge in [0.1, 0.15) is 5.75 Å². The van der Waals surface area contributed by atoms with Gasteiger partial charge in [0.2, 0.25) is 0 Å². The van der Waals surface area contributed by atoms with E-state index in [1.54, 1.807) is 18.2 Å². The van der Waals surface area contributed by atoms with Gasteiger partial charge in [-0.3, -0.25) is 9.69 Å². The van der Waals surface area contributed by atoms with Gasteiger partial charge in [0.05, 0.1) is 24.4 Å². The topological polar surface area (TPSA) is 38.8 Å². The van der Waals surface area contributed by atoms with Crippen LogP contribution in [0.4, 0.5) is 0 Å². The SMILES string of the molecule is CC1CN(CCCCOc2ccc(Cl)cc2C=O)CC(C)O1.Cl. The third-order valence-corrected chi connectivity index (χ3v) is 3.96. The summed E-state index contributed by atoms with van der Waals surface area (Å²) in [6.07, 6.45) is 3.43. The van der Waals surface area contributed by atoms with Gasteiger partial charge in [-0.2, -0.15) is 0 Å². The van der Waals surface area contributed by atoms with Crippen LogP contribution in [0.15, 0.2) is 18.2 Å². The average molecular weight is 362 g/mol. The van der Waals surface area contributed by atoms with E-state index in [-0.39, 0.29) is 12.4 Å². The molecule has 2 atom stereocenters. The summed E-state index contributed by atoms with van der Waals surface area (Å²) in [6.45, 7) is 7.90. The first kappa shape index (κ1) is 20.2. The molecule has 0 aromatic heterocycles. The summed E-state index contributed by atoms with van der Waals surface area (Å²) in [5, 5.41) is 0.546. The molecule has 2 rings (SSSR count). The molecule has 1 saturated heterocycles. The predicted molar refractivity (Wildman–Crippen MR) is 95.3 cm³/mol. The summed E-state index contributed by atoms with van der Waals surface area (Å²) < 4.78 is 11.4. The van der Waals surface area contributed by atoms with Crippen LogP contribution in [0.2, 0.25) is 5.02 Å². The van der Waals surface area contributed by atoms with Gasteiger partial charge in [-0.05, 0) is 51.4 Å². The summed E-state index contributed by atoms with van der Waals surface area (Å²) in [5.41, 5.74) is 0.503. The van der Waals surface area contributed by atoms with Gasteiger partial charge in [0.25, 0.3) is 0 Å². The number of aldehydes is 1. The normalized spacial score (nSPS) is 21.5. The molecule has 0 amide bonds. The molecule has 1 aliphatic heterocycles. The number of halogens is 2. The number of rotatable bonds is 7. The zero-order chi connectivity index (χ0) is 15.9. The Morgan fingerprint density at radius 1 is 1.30 bits per heavy atom. The van der Waals surface area contributed by atoms with Crippen molar-refractivity contribution in [2.45, 2.75) is 38.9 Å². The Labute approximate surface area is 149 Å². The zero-order valence-electron chi connectivity index (χ0n) is 13.7. The molecule has 1 aliphatic rings. The van der Waals surface area contributed by atoms with Gasteiger partial charge in [0, 0.05) is 18.1 Å². The minimum atomic E-state index is 0. The highest BCUT2D eigenvalue weighted by atomic mass is 35.5. The minimum absolute atomic E-state index is 0. The molecule has 6 heteroatoms. The molecular formula is C17H25Cl2NO3. The van der Waals surface area contributed by atoms with Crippen LogP contribution in [-0.2, 0) is 4.74 Å². The number of ether oxygens (including phenoxy) is 2. The lowest BCUT2D eigenvalue weighted by molar-refractivity contribution is -0.0682. The lowest BCUT2D eigenvalue weighted by atomic mass is 10.2. The van der Waals surface area contributed by atoms with E-state index in [1.807, 2.05) is 0 Å². The predicted octanol–water partition coefficient (Wildman–Crippen LogP) is 3.84. The Kier molecular flexibility index (Phi) is 8.92. The van der Waals surface area contributed by atoms with Gasteiger partial charge in [-0.1, -0.05) is 11.6 Å². The molecule has 1 aromatic rings. The lowest BCUT2D eigenvalue weighted by Crippen LogP contribution is -2.45. The van der Waals surface area contributed by atoms with Crippen molar-refractivity contribution in [3.8, 4) is 5.75 Å². The standard InChI is InChI=1S/C17H24ClNO3.ClH/c1-13-10-19(11-14(2)22-13)7-3-4-8-21-17-6-5-16(18)9-15(17)12-20;/h5-6,9,12-14H,3-4,7-8,10-11H2,1-2H3;1H. The monoisotopic (exact) mass is 361 g/mol. The third-order valence-electron chi connectivity index (χ3n) is 3.72. The van der Waals surface area contributed by atoms with Crippen LogP contribution < -0.4 is 4.74 Å². The summed E-state index contributed by atoms with van der Waals surface area (Å²) >= 11 is 5.86. The molecule has 0 saturated carbocycles. The van der Waals surface area contributed by atoms with Gasteiger partial charge in [-0.25, -0.2) is 0 Å². The number of carbonyl (C=O) groups is 1. The first-order chi connectivity index (χ1) is 10.6. The number of hydrogen-bond acceptors (Lipinski definition) is 4. The molecule has 1 fully saturated rings. The molecule has 4 nitrogen and oxygen atoms in total. The minimum Gasteiger partial charge on any atom is -0.493 e. The van der Waals surface area contributed by atoms with E-state index in [0.717, 1.165) is 38.8 Å². The Morgan fingerprint density at radius 2 is 2.00 bits per heavy atom. The van der Waals surface area contributed by atoms with E-state index in [1.165, 1.54) is 0 Å². The van der Waals surface area contributed by atoms with Crippen molar-refractivity contribution >= 4 is 30.3 Å². The maximum atomic E-state index is 11.0. The second-order valence-electron chi connectivity index (χ2n) is 5.87. The highest BCUT2D eigenvalue weighted by molar-refractivity contribution is 6.30. The Morgan fingerprint density at radius 3 is 2.65 bits per heavy atom. The molecule has 1 aromatic carbocycles. The van der Waals surface area contributed by atoms with Crippen molar-refractivity contribution in [3.05, 3.63) is 28.8 Å². The van der Waals surface area contributed by atoms with Crippen molar-refractivity contribution in [1.29, 1.82) is 0 Å². The fraction of sp³-hybridized carbons (Fsp3) is 0.588. The maximum absolute atomic E-state index is 11.0. The Balaban J connectivity index is 0.00000264. The van der Waals surface area contributed by atoms with Crippen LogP contribution in [0.1, 0.15) is 37.0 Å². The Hall–Kier alpha value is -0.810. The molecular weight excluding hydrogens is 337 g/mol. The van der Waals surface area contributed by atoms with Crippen LogP contribution in [0.25, 0.3) is 0 Å². The van der Waals surface area contributed by atoms with Crippen molar-refractivity contribution < 1.29 is 14.3 Å². The quantitative estimate of drug-likeness (QED) is 0.546. The van der Waals surface area contributed by atoms with Crippen LogP contribution in [0.3, 0.4) is 0 Å². The summed E-state index contributed by atoms with van der Waals surface area (Å²) in [4.78, 5) is 13.4. The molecule has 130 valence electrons. The van der Waals surface area contributed by atoms with Crippen molar-refractivity contribution in [1.82, 2.24) is 4.90 Å². The van der Waals surface area contributed by atoms with Gasteiger partial charge in [0.15, 0.2) is 6.29 Å². The number of unbranched alkanes of at least 4 members (excludes halogenated alkanes) is 1. The Bertz CT molecular complexity index is 489. The number of hydrogen-bond donors (Lipinski definition) is 0. The van der Waals surface area contributed by atoms with Gasteiger partial charge < -0.3 is 9.47 Å². The highest BCUT2D eigenvalue weighted by Crippen LogP contribution is 2.21. The maximum Gasteiger partial charge on any atom is 0.153 e. The molecule has 0 N–H and O–H groups in total. The molecule has 2 unspecified atom stereocenters. The van der Waals surface area contributed by atoms with Crippen LogP contribution >= 0.6 is 24.0 Å². The van der Waals surface area contributed by atoms with Gasteiger partial charge in [-0.15, -0.1) is 12.4 Å². The summed E-state index contributed by atoms with van der Waals surface area (Å²) in [6, 6.07) is 5.11. The zero-order valence-corrected chi connectivity index (χ0v) is 15.2. The summed E-state index contributed by atoms with van der Waals surface area (Å²) in [7, 11) is 0.